The Hall–Kier alpha value is -1.09. The van der Waals surface area contributed by atoms with Gasteiger partial charge in [-0.2, -0.15) is 4.31 Å². The van der Waals surface area contributed by atoms with Crippen molar-refractivity contribution in [2.75, 3.05) is 39.4 Å². The van der Waals surface area contributed by atoms with Gasteiger partial charge >= 0.3 is 0 Å². The van der Waals surface area contributed by atoms with Crippen LogP contribution in [0.5, 0.6) is 0 Å². The average Bonchev–Trinajstić information content (AvgIpc) is 2.58. The van der Waals surface area contributed by atoms with Crippen LogP contribution in [0.1, 0.15) is 12.8 Å². The molecule has 0 aliphatic carbocycles. The van der Waals surface area contributed by atoms with Crippen LogP contribution in [0.3, 0.4) is 0 Å². The number of rotatable bonds is 3. The molecule has 0 atom stereocenters. The summed E-state index contributed by atoms with van der Waals surface area (Å²) in [6, 6.07) is 3.65. The molecule has 23 heavy (non-hydrogen) atoms. The van der Waals surface area contributed by atoms with Gasteiger partial charge in [0, 0.05) is 45.4 Å². The summed E-state index contributed by atoms with van der Waals surface area (Å²) in [5, 5.41) is 0. The van der Waals surface area contributed by atoms with Crippen molar-refractivity contribution in [2.24, 2.45) is 0 Å². The second kappa shape index (κ2) is 6.80. The molecular weight excluding hydrogens is 326 g/mol. The van der Waals surface area contributed by atoms with E-state index in [0.717, 1.165) is 38.2 Å². The molecule has 0 unspecified atom stereocenters. The molecule has 2 aliphatic rings. The van der Waals surface area contributed by atoms with Crippen LogP contribution in [0.25, 0.3) is 0 Å². The molecular formula is C15H20F2N2O3S. The largest absolute Gasteiger partial charge is 0.381 e. The number of sulfonamides is 1. The Kier molecular flexibility index (Phi) is 4.96. The van der Waals surface area contributed by atoms with Gasteiger partial charge < -0.3 is 4.74 Å². The molecule has 8 heteroatoms. The van der Waals surface area contributed by atoms with E-state index in [1.165, 1.54) is 10.4 Å². The van der Waals surface area contributed by atoms with E-state index in [-0.39, 0.29) is 13.1 Å². The van der Waals surface area contributed by atoms with E-state index in [4.69, 9.17) is 4.74 Å². The van der Waals surface area contributed by atoms with Gasteiger partial charge in [0.2, 0.25) is 10.0 Å². The minimum atomic E-state index is -4.00. The molecule has 0 aromatic heterocycles. The van der Waals surface area contributed by atoms with Crippen molar-refractivity contribution in [3.8, 4) is 0 Å². The summed E-state index contributed by atoms with van der Waals surface area (Å²) < 4.78 is 58.7. The number of ether oxygens (including phenoxy) is 1. The molecule has 0 N–H and O–H groups in total. The molecule has 0 spiro atoms. The fraction of sp³-hybridized carbons (Fsp3) is 0.600. The number of halogens is 2. The van der Waals surface area contributed by atoms with Gasteiger partial charge in [0.1, 0.15) is 4.90 Å². The highest BCUT2D eigenvalue weighted by Crippen LogP contribution is 2.24. The SMILES string of the molecule is O=S(=O)(c1cccc(F)c1F)N1CCN(C2CCOCC2)CC1. The van der Waals surface area contributed by atoms with E-state index in [9.17, 15) is 17.2 Å². The Balaban J connectivity index is 1.70. The highest BCUT2D eigenvalue weighted by Gasteiger charge is 2.33. The maximum absolute atomic E-state index is 13.8. The van der Waals surface area contributed by atoms with Gasteiger partial charge in [-0.1, -0.05) is 6.07 Å². The molecule has 5 nitrogen and oxygen atoms in total. The van der Waals surface area contributed by atoms with Gasteiger partial charge in [0.25, 0.3) is 0 Å². The van der Waals surface area contributed by atoms with Crippen LogP contribution in [0, 0.1) is 11.6 Å². The summed E-state index contributed by atoms with van der Waals surface area (Å²) in [6.45, 7) is 3.24. The predicted octanol–water partition coefficient (Wildman–Crippen LogP) is 1.45. The van der Waals surface area contributed by atoms with Gasteiger partial charge in [-0.15, -0.1) is 0 Å². The van der Waals surface area contributed by atoms with E-state index < -0.39 is 26.6 Å². The lowest BCUT2D eigenvalue weighted by molar-refractivity contribution is 0.0229. The van der Waals surface area contributed by atoms with Crippen LogP contribution in [0.15, 0.2) is 23.1 Å². The van der Waals surface area contributed by atoms with Crippen LogP contribution >= 0.6 is 0 Å². The summed E-state index contributed by atoms with van der Waals surface area (Å²) >= 11 is 0. The van der Waals surface area contributed by atoms with E-state index in [0.29, 0.717) is 19.1 Å². The van der Waals surface area contributed by atoms with Crippen LogP contribution in [0.4, 0.5) is 8.78 Å². The van der Waals surface area contributed by atoms with E-state index in [1.54, 1.807) is 0 Å². The zero-order chi connectivity index (χ0) is 16.4. The highest BCUT2D eigenvalue weighted by atomic mass is 32.2. The normalized spacial score (nSPS) is 22.3. The van der Waals surface area contributed by atoms with Crippen LogP contribution < -0.4 is 0 Å². The Morgan fingerprint density at radius 2 is 1.70 bits per heavy atom. The molecule has 0 bridgehead atoms. The first kappa shape index (κ1) is 16.8. The monoisotopic (exact) mass is 346 g/mol. The minimum Gasteiger partial charge on any atom is -0.381 e. The molecule has 0 amide bonds. The fourth-order valence-corrected chi connectivity index (χ4v) is 4.68. The van der Waals surface area contributed by atoms with Crippen molar-refractivity contribution in [3.05, 3.63) is 29.8 Å². The molecule has 2 aliphatic heterocycles. The molecule has 2 fully saturated rings. The first-order valence-corrected chi connectivity index (χ1v) is 9.20. The molecule has 2 saturated heterocycles. The van der Waals surface area contributed by atoms with Crippen LogP contribution in [0.2, 0.25) is 0 Å². The standard InChI is InChI=1S/C15H20F2N2O3S/c16-13-2-1-3-14(15(13)17)23(20,21)19-8-6-18(7-9-19)12-4-10-22-11-5-12/h1-3,12H,4-11H2. The number of hydrogen-bond donors (Lipinski definition) is 0. The topological polar surface area (TPSA) is 49.9 Å². The van der Waals surface area contributed by atoms with Crippen molar-refractivity contribution < 1.29 is 21.9 Å². The number of nitrogens with zero attached hydrogens (tertiary/aromatic N) is 2. The van der Waals surface area contributed by atoms with Crippen LogP contribution in [-0.2, 0) is 14.8 Å². The molecule has 128 valence electrons. The quantitative estimate of drug-likeness (QED) is 0.831. The van der Waals surface area contributed by atoms with Gasteiger partial charge in [0.15, 0.2) is 11.6 Å². The number of piperazine rings is 1. The van der Waals surface area contributed by atoms with Gasteiger partial charge in [-0.25, -0.2) is 17.2 Å². The Morgan fingerprint density at radius 3 is 2.35 bits per heavy atom. The predicted molar refractivity (Wildman–Crippen MR) is 80.5 cm³/mol. The lowest BCUT2D eigenvalue weighted by atomic mass is 10.1. The molecule has 1 aromatic rings. The molecule has 0 saturated carbocycles. The van der Waals surface area contributed by atoms with Gasteiger partial charge in [-0.05, 0) is 25.0 Å². The van der Waals surface area contributed by atoms with Crippen molar-refractivity contribution in [3.63, 3.8) is 0 Å². The second-order valence-corrected chi connectivity index (χ2v) is 7.74. The molecule has 3 rings (SSSR count). The van der Waals surface area contributed by atoms with Gasteiger partial charge in [0.05, 0.1) is 0 Å². The maximum Gasteiger partial charge on any atom is 0.246 e. The molecule has 2 heterocycles. The van der Waals surface area contributed by atoms with E-state index in [1.807, 2.05) is 0 Å². The lowest BCUT2D eigenvalue weighted by Crippen LogP contribution is -2.53. The maximum atomic E-state index is 13.8. The first-order chi connectivity index (χ1) is 11.0. The lowest BCUT2D eigenvalue weighted by Gasteiger charge is -2.40. The Morgan fingerprint density at radius 1 is 1.04 bits per heavy atom. The Bertz CT molecular complexity index is 655. The van der Waals surface area contributed by atoms with E-state index >= 15 is 0 Å². The third-order valence-electron chi connectivity index (χ3n) is 4.51. The molecule has 1 aromatic carbocycles. The van der Waals surface area contributed by atoms with Crippen molar-refractivity contribution >= 4 is 10.0 Å². The summed E-state index contributed by atoms with van der Waals surface area (Å²) in [5.41, 5.74) is 0. The minimum absolute atomic E-state index is 0.287. The fourth-order valence-electron chi connectivity index (χ4n) is 3.18. The highest BCUT2D eigenvalue weighted by molar-refractivity contribution is 7.89. The Labute approximate surface area is 134 Å². The summed E-state index contributed by atoms with van der Waals surface area (Å²) in [7, 11) is -4.00. The first-order valence-electron chi connectivity index (χ1n) is 7.76. The third-order valence-corrected chi connectivity index (χ3v) is 6.43. The average molecular weight is 346 g/mol. The number of hydrogen-bond acceptors (Lipinski definition) is 4. The summed E-state index contributed by atoms with van der Waals surface area (Å²) in [6.07, 6.45) is 1.90. The smallest absolute Gasteiger partial charge is 0.246 e. The third kappa shape index (κ3) is 3.40. The number of benzene rings is 1. The van der Waals surface area contributed by atoms with Crippen molar-refractivity contribution in [1.82, 2.24) is 9.21 Å². The van der Waals surface area contributed by atoms with Crippen LogP contribution in [-0.4, -0.2) is 63.1 Å². The van der Waals surface area contributed by atoms with E-state index in [2.05, 4.69) is 4.90 Å². The van der Waals surface area contributed by atoms with Gasteiger partial charge in [-0.3, -0.25) is 4.90 Å². The second-order valence-electron chi connectivity index (χ2n) is 5.84. The molecule has 0 radical (unpaired) electrons. The zero-order valence-corrected chi connectivity index (χ0v) is 13.6. The zero-order valence-electron chi connectivity index (χ0n) is 12.7. The summed E-state index contributed by atoms with van der Waals surface area (Å²) in [4.78, 5) is 1.67. The van der Waals surface area contributed by atoms with Crippen molar-refractivity contribution in [2.45, 2.75) is 23.8 Å². The van der Waals surface area contributed by atoms with Crippen molar-refractivity contribution in [1.29, 1.82) is 0 Å². The summed E-state index contributed by atoms with van der Waals surface area (Å²) in [5.74, 6) is -2.45.